The van der Waals surface area contributed by atoms with E-state index in [1.807, 2.05) is 12.1 Å². The monoisotopic (exact) mass is 829 g/mol. The SMILES string of the molecule is c1ccc(N(c2ccc(-c3ccc(-c4cccc5ccccc45)cc3)cc2)c2ccc(-c3ccc4c(c3)oc3ccccc34)cc2)c(-c2ccc3oc4cc5ccccc5cc4c3c2)c1. The van der Waals surface area contributed by atoms with Crippen LogP contribution in [0.15, 0.2) is 245 Å². The molecule has 13 aromatic rings. The maximum Gasteiger partial charge on any atom is 0.136 e. The Labute approximate surface area is 375 Å². The number of hydrogen-bond acceptors (Lipinski definition) is 3. The molecule has 0 aliphatic carbocycles. The summed E-state index contributed by atoms with van der Waals surface area (Å²) in [4.78, 5) is 2.38. The van der Waals surface area contributed by atoms with Crippen molar-refractivity contribution in [3.05, 3.63) is 237 Å². The maximum absolute atomic E-state index is 6.43. The number of hydrogen-bond donors (Lipinski definition) is 0. The maximum atomic E-state index is 6.43. The lowest BCUT2D eigenvalue weighted by Crippen LogP contribution is -2.11. The van der Waals surface area contributed by atoms with Crippen molar-refractivity contribution in [3.63, 3.8) is 0 Å². The standard InChI is InChI=1S/C62H39NO2/c1-2-12-46-38-62-57(36-45(46)11-1)56-37-48(29-35-60(56)65-62)53-15-5-7-18-58(53)63(50-32-26-42(27-33-50)47-28-34-55-54-16-6-8-19-59(54)64-61(55)39-47)49-30-24-41(25-31-49)40-20-22-44(23-21-40)52-17-9-13-43-10-3-4-14-51(43)52/h1-39H. The van der Waals surface area contributed by atoms with Crippen LogP contribution in [-0.4, -0.2) is 0 Å². The van der Waals surface area contributed by atoms with Gasteiger partial charge in [-0.2, -0.15) is 0 Å². The Hall–Kier alpha value is -8.66. The summed E-state index contributed by atoms with van der Waals surface area (Å²) in [5.74, 6) is 0. The minimum atomic E-state index is 0.880. The van der Waals surface area contributed by atoms with Crippen molar-refractivity contribution in [1.82, 2.24) is 0 Å². The molecule has 0 radical (unpaired) electrons. The molecule has 0 aliphatic rings. The van der Waals surface area contributed by atoms with Gasteiger partial charge < -0.3 is 13.7 Å². The third kappa shape index (κ3) is 6.36. The van der Waals surface area contributed by atoms with Crippen LogP contribution in [0, 0.1) is 0 Å². The number of fused-ring (bicyclic) bond motifs is 8. The van der Waals surface area contributed by atoms with Crippen LogP contribution in [0.25, 0.3) is 110 Å². The van der Waals surface area contributed by atoms with E-state index in [0.29, 0.717) is 0 Å². The highest BCUT2D eigenvalue weighted by Crippen LogP contribution is 2.44. The molecular weight excluding hydrogens is 791 g/mol. The molecule has 0 bridgehead atoms. The van der Waals surface area contributed by atoms with E-state index in [1.165, 1.54) is 38.2 Å². The van der Waals surface area contributed by atoms with Gasteiger partial charge in [0.05, 0.1) is 5.69 Å². The van der Waals surface area contributed by atoms with Crippen molar-refractivity contribution in [2.24, 2.45) is 0 Å². The summed E-state index contributed by atoms with van der Waals surface area (Å²) in [7, 11) is 0. The summed E-state index contributed by atoms with van der Waals surface area (Å²) in [5.41, 5.74) is 16.0. The highest BCUT2D eigenvalue weighted by molar-refractivity contribution is 6.11. The first-order chi connectivity index (χ1) is 32.2. The van der Waals surface area contributed by atoms with Gasteiger partial charge in [-0.15, -0.1) is 0 Å². The summed E-state index contributed by atoms with van der Waals surface area (Å²) in [6.45, 7) is 0. The summed E-state index contributed by atoms with van der Waals surface area (Å²) in [5, 5.41) is 9.37. The van der Waals surface area contributed by atoms with Crippen LogP contribution in [-0.2, 0) is 0 Å². The number of nitrogens with zero attached hydrogens (tertiary/aromatic N) is 1. The van der Waals surface area contributed by atoms with Crippen molar-refractivity contribution in [2.45, 2.75) is 0 Å². The van der Waals surface area contributed by atoms with E-state index in [4.69, 9.17) is 8.83 Å². The molecule has 3 heteroatoms. The summed E-state index contributed by atoms with van der Waals surface area (Å²) in [6, 6.07) is 84.9. The highest BCUT2D eigenvalue weighted by atomic mass is 16.3. The minimum Gasteiger partial charge on any atom is -0.456 e. The molecule has 3 nitrogen and oxygen atoms in total. The van der Waals surface area contributed by atoms with Gasteiger partial charge in [0.1, 0.15) is 22.3 Å². The van der Waals surface area contributed by atoms with Gasteiger partial charge in [0.2, 0.25) is 0 Å². The first kappa shape index (κ1) is 36.9. The van der Waals surface area contributed by atoms with Crippen molar-refractivity contribution < 1.29 is 8.83 Å². The van der Waals surface area contributed by atoms with Gasteiger partial charge >= 0.3 is 0 Å². The van der Waals surface area contributed by atoms with Gasteiger partial charge in [-0.1, -0.05) is 164 Å². The van der Waals surface area contributed by atoms with Crippen molar-refractivity contribution in [3.8, 4) is 44.5 Å². The second kappa shape index (κ2) is 15.0. The first-order valence-electron chi connectivity index (χ1n) is 22.1. The van der Waals surface area contributed by atoms with E-state index >= 15 is 0 Å². The number of benzene rings is 11. The molecule has 2 aromatic heterocycles. The molecule has 0 saturated heterocycles. The van der Waals surface area contributed by atoms with Crippen LogP contribution >= 0.6 is 0 Å². The molecule has 0 amide bonds. The number of anilines is 3. The van der Waals surface area contributed by atoms with Gasteiger partial charge in [0.15, 0.2) is 0 Å². The third-order valence-corrected chi connectivity index (χ3v) is 13.1. The first-order valence-corrected chi connectivity index (χ1v) is 22.1. The molecule has 0 spiro atoms. The lowest BCUT2D eigenvalue weighted by atomic mass is 9.96. The lowest BCUT2D eigenvalue weighted by Gasteiger charge is -2.28. The Morgan fingerprint density at radius 1 is 0.246 bits per heavy atom. The van der Waals surface area contributed by atoms with Gasteiger partial charge in [-0.3, -0.25) is 0 Å². The highest BCUT2D eigenvalue weighted by Gasteiger charge is 2.19. The number of rotatable bonds is 7. The molecule has 0 unspecified atom stereocenters. The zero-order chi connectivity index (χ0) is 42.8. The topological polar surface area (TPSA) is 29.5 Å². The normalized spacial score (nSPS) is 11.7. The fraction of sp³-hybridized carbons (Fsp3) is 0. The zero-order valence-corrected chi connectivity index (χ0v) is 35.3. The van der Waals surface area contributed by atoms with Crippen LogP contribution in [0.3, 0.4) is 0 Å². The number of furan rings is 2. The van der Waals surface area contributed by atoms with Crippen LogP contribution in [0.4, 0.5) is 17.1 Å². The quantitative estimate of drug-likeness (QED) is 0.160. The number of para-hydroxylation sites is 2. The van der Waals surface area contributed by atoms with Crippen LogP contribution < -0.4 is 4.90 Å². The minimum absolute atomic E-state index is 0.880. The van der Waals surface area contributed by atoms with E-state index in [2.05, 4.69) is 229 Å². The van der Waals surface area contributed by atoms with Crippen LogP contribution in [0.5, 0.6) is 0 Å². The predicted octanol–water partition coefficient (Wildman–Crippen LogP) is 17.9. The van der Waals surface area contributed by atoms with E-state index in [9.17, 15) is 0 Å². The lowest BCUT2D eigenvalue weighted by molar-refractivity contribution is 0.669. The average Bonchev–Trinajstić information content (AvgIpc) is 3.93. The van der Waals surface area contributed by atoms with Crippen molar-refractivity contribution in [2.75, 3.05) is 4.90 Å². The largest absolute Gasteiger partial charge is 0.456 e. The van der Waals surface area contributed by atoms with E-state index in [0.717, 1.165) is 88.8 Å². The van der Waals surface area contributed by atoms with Crippen molar-refractivity contribution in [1.29, 1.82) is 0 Å². The molecule has 65 heavy (non-hydrogen) atoms. The summed E-state index contributed by atoms with van der Waals surface area (Å²) in [6.07, 6.45) is 0. The average molecular weight is 830 g/mol. The molecule has 0 fully saturated rings. The Morgan fingerprint density at radius 3 is 1.51 bits per heavy atom. The predicted molar refractivity (Wildman–Crippen MR) is 272 cm³/mol. The molecule has 0 saturated carbocycles. The molecule has 0 aliphatic heterocycles. The van der Waals surface area contributed by atoms with Gasteiger partial charge in [0.25, 0.3) is 0 Å². The Balaban J connectivity index is 0.902. The van der Waals surface area contributed by atoms with E-state index < -0.39 is 0 Å². The smallest absolute Gasteiger partial charge is 0.136 e. The molecule has 0 atom stereocenters. The molecule has 2 heterocycles. The second-order valence-corrected chi connectivity index (χ2v) is 16.9. The molecular formula is C62H39NO2. The second-order valence-electron chi connectivity index (χ2n) is 16.9. The van der Waals surface area contributed by atoms with Crippen molar-refractivity contribution >= 4 is 82.5 Å². The third-order valence-electron chi connectivity index (χ3n) is 13.1. The van der Waals surface area contributed by atoms with Crippen LogP contribution in [0.2, 0.25) is 0 Å². The van der Waals surface area contributed by atoms with Gasteiger partial charge in [-0.05, 0) is 133 Å². The van der Waals surface area contributed by atoms with Crippen LogP contribution in [0.1, 0.15) is 0 Å². The summed E-state index contributed by atoms with van der Waals surface area (Å²) >= 11 is 0. The van der Waals surface area contributed by atoms with E-state index in [1.54, 1.807) is 0 Å². The molecule has 304 valence electrons. The molecule has 11 aromatic carbocycles. The Bertz CT molecular complexity index is 3930. The zero-order valence-electron chi connectivity index (χ0n) is 35.3. The molecule has 0 N–H and O–H groups in total. The fourth-order valence-electron chi connectivity index (χ4n) is 9.80. The summed E-state index contributed by atoms with van der Waals surface area (Å²) < 4.78 is 12.7. The van der Waals surface area contributed by atoms with E-state index in [-0.39, 0.29) is 0 Å². The Morgan fingerprint density at radius 2 is 0.738 bits per heavy atom. The fourth-order valence-corrected chi connectivity index (χ4v) is 9.80. The van der Waals surface area contributed by atoms with Gasteiger partial charge in [-0.25, -0.2) is 0 Å². The Kier molecular flexibility index (Phi) is 8.53. The van der Waals surface area contributed by atoms with Gasteiger partial charge in [0, 0.05) is 38.5 Å². The molecule has 13 rings (SSSR count).